The zero-order chi connectivity index (χ0) is 21.8. The first-order valence-corrected chi connectivity index (χ1v) is 11.2. The van der Waals surface area contributed by atoms with Gasteiger partial charge in [0.05, 0.1) is 5.75 Å². The molecule has 0 atom stereocenters. The van der Waals surface area contributed by atoms with E-state index in [2.05, 4.69) is 6.58 Å². The molecule has 1 N–H and O–H groups in total. The van der Waals surface area contributed by atoms with Crippen molar-refractivity contribution in [2.75, 3.05) is 5.75 Å². The first-order valence-electron chi connectivity index (χ1n) is 9.57. The van der Waals surface area contributed by atoms with Crippen LogP contribution in [-0.2, 0) is 20.7 Å². The highest BCUT2D eigenvalue weighted by atomic mass is 32.2. The monoisotopic (exact) mass is 403 g/mol. The molecule has 0 unspecified atom stereocenters. The summed E-state index contributed by atoms with van der Waals surface area (Å²) in [7, 11) is -3.65. The Morgan fingerprint density at radius 2 is 1.61 bits per heavy atom. The quantitative estimate of drug-likeness (QED) is 0.364. The maximum atomic E-state index is 12.6. The molecule has 1 aromatic rings. The third kappa shape index (κ3) is 6.24. The number of nitriles is 1. The average Bonchev–Trinajstić information content (AvgIpc) is 2.55. The Kier molecular flexibility index (Phi) is 7.67. The van der Waals surface area contributed by atoms with Crippen LogP contribution in [0.5, 0.6) is 5.75 Å². The highest BCUT2D eigenvalue weighted by Gasteiger charge is 2.27. The number of rotatable bonds is 7. The van der Waals surface area contributed by atoms with Crippen LogP contribution in [0.3, 0.4) is 0 Å². The summed E-state index contributed by atoms with van der Waals surface area (Å²) in [5, 5.41) is 20.3. The predicted octanol–water partition coefficient (Wildman–Crippen LogP) is 5.62. The van der Waals surface area contributed by atoms with E-state index < -0.39 is 9.84 Å². The molecule has 0 bridgehead atoms. The fourth-order valence-corrected chi connectivity index (χ4v) is 4.18. The lowest BCUT2D eigenvalue weighted by atomic mass is 9.78. The number of unbranched alkanes of at least 4 members (excludes halogenated alkanes) is 2. The first-order chi connectivity index (χ1) is 12.7. The third-order valence-electron chi connectivity index (χ3n) is 4.56. The molecule has 1 rings (SSSR count). The van der Waals surface area contributed by atoms with Crippen LogP contribution >= 0.6 is 0 Å². The van der Waals surface area contributed by atoms with Crippen molar-refractivity contribution in [3.8, 4) is 11.8 Å². The molecule has 0 aromatic heterocycles. The largest absolute Gasteiger partial charge is 0.507 e. The SMILES string of the molecule is C=CCCCCS(=O)(=O)C(C#N)=Cc1cc(C(C)(C)C)c(O)c(C(C)(C)C)c1. The first kappa shape index (κ1) is 24.0. The molecule has 154 valence electrons. The molecule has 0 saturated heterocycles. The number of hydrogen-bond acceptors (Lipinski definition) is 4. The van der Waals surface area contributed by atoms with Crippen LogP contribution in [0.4, 0.5) is 0 Å². The van der Waals surface area contributed by atoms with Crippen LogP contribution in [0.2, 0.25) is 0 Å². The molecule has 0 aliphatic rings. The molecule has 0 saturated carbocycles. The second-order valence-corrected chi connectivity index (χ2v) is 11.3. The van der Waals surface area contributed by atoms with E-state index in [-0.39, 0.29) is 27.2 Å². The van der Waals surface area contributed by atoms with E-state index in [9.17, 15) is 18.8 Å². The van der Waals surface area contributed by atoms with Crippen LogP contribution in [0.1, 0.15) is 77.5 Å². The zero-order valence-electron chi connectivity index (χ0n) is 18.0. The van der Waals surface area contributed by atoms with Gasteiger partial charge in [-0.2, -0.15) is 5.26 Å². The van der Waals surface area contributed by atoms with Crippen LogP contribution in [-0.4, -0.2) is 19.3 Å². The van der Waals surface area contributed by atoms with Gasteiger partial charge in [0.1, 0.15) is 16.7 Å². The maximum Gasteiger partial charge on any atom is 0.188 e. The lowest BCUT2D eigenvalue weighted by Crippen LogP contribution is -2.17. The molecule has 4 nitrogen and oxygen atoms in total. The summed E-state index contributed by atoms with van der Waals surface area (Å²) in [6.07, 6.45) is 5.15. The molecular weight excluding hydrogens is 370 g/mol. The number of sulfone groups is 1. The van der Waals surface area contributed by atoms with Crippen molar-refractivity contribution in [1.82, 2.24) is 0 Å². The van der Waals surface area contributed by atoms with Crippen molar-refractivity contribution >= 4 is 15.9 Å². The summed E-state index contributed by atoms with van der Waals surface area (Å²) >= 11 is 0. The number of hydrogen-bond donors (Lipinski definition) is 1. The molecule has 0 heterocycles. The fourth-order valence-electron chi connectivity index (χ4n) is 2.92. The standard InChI is InChI=1S/C23H33NO3S/c1-8-9-10-11-12-28(26,27)18(16-24)13-17-14-19(22(2,3)4)21(25)20(15-17)23(5,6)7/h8,13-15,25H,1,9-12H2,2-7H3. The van der Waals surface area contributed by atoms with E-state index in [1.54, 1.807) is 18.2 Å². The van der Waals surface area contributed by atoms with Gasteiger partial charge in [0.25, 0.3) is 0 Å². The maximum absolute atomic E-state index is 12.6. The summed E-state index contributed by atoms with van der Waals surface area (Å²) in [6, 6.07) is 5.40. The fraction of sp³-hybridized carbons (Fsp3) is 0.522. The Hall–Kier alpha value is -2.06. The van der Waals surface area contributed by atoms with Crippen molar-refractivity contribution in [2.24, 2.45) is 0 Å². The number of phenolic OH excluding ortho intramolecular Hbond substituents is 1. The Morgan fingerprint density at radius 1 is 1.11 bits per heavy atom. The number of allylic oxidation sites excluding steroid dienone is 2. The Labute approximate surface area is 170 Å². The molecule has 0 aliphatic carbocycles. The van der Waals surface area contributed by atoms with Gasteiger partial charge in [-0.25, -0.2) is 8.42 Å². The summed E-state index contributed by atoms with van der Waals surface area (Å²) in [5.74, 6) is 0.166. The minimum absolute atomic E-state index is 0.0590. The van der Waals surface area contributed by atoms with Gasteiger partial charge < -0.3 is 5.11 Å². The van der Waals surface area contributed by atoms with E-state index >= 15 is 0 Å². The Balaban J connectivity index is 3.49. The summed E-state index contributed by atoms with van der Waals surface area (Å²) in [6.45, 7) is 15.6. The molecule has 1 aromatic carbocycles. The highest BCUT2D eigenvalue weighted by molar-refractivity contribution is 7.95. The molecule has 28 heavy (non-hydrogen) atoms. The van der Waals surface area contributed by atoms with Crippen LogP contribution < -0.4 is 0 Å². The van der Waals surface area contributed by atoms with Gasteiger partial charge in [-0.05, 0) is 53.9 Å². The van der Waals surface area contributed by atoms with Crippen LogP contribution in [0, 0.1) is 11.3 Å². The van der Waals surface area contributed by atoms with Gasteiger partial charge in [-0.1, -0.05) is 47.6 Å². The van der Waals surface area contributed by atoms with Crippen molar-refractivity contribution < 1.29 is 13.5 Å². The molecular formula is C23H33NO3S. The smallest absolute Gasteiger partial charge is 0.188 e. The number of phenols is 1. The molecule has 0 aliphatic heterocycles. The normalized spacial score (nSPS) is 13.2. The third-order valence-corrected chi connectivity index (χ3v) is 6.27. The highest BCUT2D eigenvalue weighted by Crippen LogP contribution is 2.40. The molecule has 0 spiro atoms. The van der Waals surface area contributed by atoms with E-state index in [0.717, 1.165) is 24.0 Å². The molecule has 5 heteroatoms. The number of nitrogens with zero attached hydrogens (tertiary/aromatic N) is 1. The van der Waals surface area contributed by atoms with E-state index in [0.29, 0.717) is 12.0 Å². The summed E-state index contributed by atoms with van der Waals surface area (Å²) < 4.78 is 25.2. The summed E-state index contributed by atoms with van der Waals surface area (Å²) in [4.78, 5) is -0.239. The Morgan fingerprint density at radius 3 is 2.00 bits per heavy atom. The van der Waals surface area contributed by atoms with Crippen molar-refractivity contribution in [3.63, 3.8) is 0 Å². The van der Waals surface area contributed by atoms with Crippen molar-refractivity contribution in [2.45, 2.75) is 71.6 Å². The number of benzene rings is 1. The second-order valence-electron chi connectivity index (χ2n) is 9.19. The topological polar surface area (TPSA) is 78.2 Å². The lowest BCUT2D eigenvalue weighted by molar-refractivity contribution is 0.423. The molecule has 0 fully saturated rings. The van der Waals surface area contributed by atoms with Gasteiger partial charge in [0, 0.05) is 11.1 Å². The van der Waals surface area contributed by atoms with Crippen molar-refractivity contribution in [1.29, 1.82) is 5.26 Å². The minimum atomic E-state index is -3.65. The number of aromatic hydroxyl groups is 1. The minimum Gasteiger partial charge on any atom is -0.507 e. The molecule has 0 amide bonds. The van der Waals surface area contributed by atoms with Gasteiger partial charge in [0.2, 0.25) is 0 Å². The lowest BCUT2D eigenvalue weighted by Gasteiger charge is -2.28. The predicted molar refractivity (Wildman–Crippen MR) is 117 cm³/mol. The zero-order valence-corrected chi connectivity index (χ0v) is 18.8. The van der Waals surface area contributed by atoms with Crippen molar-refractivity contribution in [3.05, 3.63) is 46.4 Å². The van der Waals surface area contributed by atoms with Gasteiger partial charge in [-0.3, -0.25) is 0 Å². The average molecular weight is 404 g/mol. The van der Waals surface area contributed by atoms with Gasteiger partial charge in [-0.15, -0.1) is 6.58 Å². The molecule has 0 radical (unpaired) electrons. The van der Waals surface area contributed by atoms with E-state index in [4.69, 9.17) is 0 Å². The second kappa shape index (κ2) is 8.96. The summed E-state index contributed by atoms with van der Waals surface area (Å²) in [5.41, 5.74) is 1.41. The van der Waals surface area contributed by atoms with E-state index in [1.807, 2.05) is 47.6 Å². The van der Waals surface area contributed by atoms with Gasteiger partial charge >= 0.3 is 0 Å². The van der Waals surface area contributed by atoms with Crippen LogP contribution in [0.15, 0.2) is 29.7 Å². The Bertz CT molecular complexity index is 854. The van der Waals surface area contributed by atoms with E-state index in [1.165, 1.54) is 6.08 Å². The van der Waals surface area contributed by atoms with Gasteiger partial charge in [0.15, 0.2) is 9.84 Å². The van der Waals surface area contributed by atoms with Crippen LogP contribution in [0.25, 0.3) is 6.08 Å².